The van der Waals surface area contributed by atoms with Crippen LogP contribution >= 0.6 is 22.6 Å². The number of ether oxygens (including phenoxy) is 3. The minimum Gasteiger partial charge on any atom is -0.484 e. The van der Waals surface area contributed by atoms with E-state index < -0.39 is 48.2 Å². The molecule has 1 aliphatic heterocycles. The second kappa shape index (κ2) is 10.4. The monoisotopic (exact) mass is 600 g/mol. The first-order valence-corrected chi connectivity index (χ1v) is 11.9. The number of carbonyl (C=O) groups excluding carboxylic acids is 3. The minimum absolute atomic E-state index is 0.0486. The SMILES string of the molecule is O=C(C=CC1C(OC(=O)c2ccccc2)CC2OC(=O)CC21)COc1cc(C(F)(F)F)ccc1I. The Bertz CT molecular complexity index is 1150. The van der Waals surface area contributed by atoms with E-state index in [1.165, 1.54) is 12.1 Å². The van der Waals surface area contributed by atoms with Crippen molar-refractivity contribution >= 4 is 40.3 Å². The van der Waals surface area contributed by atoms with E-state index in [1.807, 2.05) is 22.6 Å². The van der Waals surface area contributed by atoms with Gasteiger partial charge < -0.3 is 14.2 Å². The predicted molar refractivity (Wildman–Crippen MR) is 126 cm³/mol. The zero-order valence-corrected chi connectivity index (χ0v) is 20.3. The summed E-state index contributed by atoms with van der Waals surface area (Å²) >= 11 is 1.83. The molecule has 6 nitrogen and oxygen atoms in total. The van der Waals surface area contributed by atoms with Crippen molar-refractivity contribution in [3.63, 3.8) is 0 Å². The molecule has 10 heteroatoms. The van der Waals surface area contributed by atoms with Crippen LogP contribution in [0.3, 0.4) is 0 Å². The lowest BCUT2D eigenvalue weighted by Crippen LogP contribution is -2.25. The molecule has 2 aromatic carbocycles. The topological polar surface area (TPSA) is 78.9 Å². The van der Waals surface area contributed by atoms with Crippen molar-refractivity contribution in [2.24, 2.45) is 11.8 Å². The second-order valence-corrected chi connectivity index (χ2v) is 9.44. The highest BCUT2D eigenvalue weighted by Gasteiger charge is 2.50. The van der Waals surface area contributed by atoms with Crippen molar-refractivity contribution in [3.8, 4) is 5.75 Å². The molecule has 4 rings (SSSR count). The van der Waals surface area contributed by atoms with Gasteiger partial charge in [-0.3, -0.25) is 9.59 Å². The zero-order chi connectivity index (χ0) is 25.2. The number of hydrogen-bond acceptors (Lipinski definition) is 6. The van der Waals surface area contributed by atoms with Gasteiger partial charge >= 0.3 is 18.1 Å². The van der Waals surface area contributed by atoms with Crippen LogP contribution in [-0.4, -0.2) is 36.5 Å². The highest BCUT2D eigenvalue weighted by Crippen LogP contribution is 2.43. The van der Waals surface area contributed by atoms with Crippen molar-refractivity contribution < 1.29 is 41.8 Å². The maximum absolute atomic E-state index is 13.0. The van der Waals surface area contributed by atoms with E-state index >= 15 is 0 Å². The molecule has 1 aliphatic carbocycles. The fraction of sp³-hybridized carbons (Fsp3) is 0.320. The summed E-state index contributed by atoms with van der Waals surface area (Å²) in [5.41, 5.74) is -0.494. The lowest BCUT2D eigenvalue weighted by atomic mass is 9.91. The number of alkyl halides is 3. The third-order valence-corrected chi connectivity index (χ3v) is 6.84. The number of carbonyl (C=O) groups is 3. The third kappa shape index (κ3) is 6.03. The molecule has 2 aliphatic rings. The van der Waals surface area contributed by atoms with Crippen LogP contribution in [0.25, 0.3) is 0 Å². The van der Waals surface area contributed by atoms with Gasteiger partial charge in [0.25, 0.3) is 0 Å². The smallest absolute Gasteiger partial charge is 0.416 e. The summed E-state index contributed by atoms with van der Waals surface area (Å²) in [4.78, 5) is 36.7. The molecule has 0 spiro atoms. The molecule has 184 valence electrons. The van der Waals surface area contributed by atoms with Crippen LogP contribution in [0.4, 0.5) is 13.2 Å². The molecular weight excluding hydrogens is 580 g/mol. The summed E-state index contributed by atoms with van der Waals surface area (Å²) in [6, 6.07) is 11.5. The van der Waals surface area contributed by atoms with E-state index in [1.54, 1.807) is 36.4 Å². The summed E-state index contributed by atoms with van der Waals surface area (Å²) in [7, 11) is 0. The Balaban J connectivity index is 1.43. The van der Waals surface area contributed by atoms with E-state index in [0.717, 1.165) is 12.1 Å². The molecule has 35 heavy (non-hydrogen) atoms. The lowest BCUT2D eigenvalue weighted by Gasteiger charge is -2.20. The van der Waals surface area contributed by atoms with E-state index in [0.29, 0.717) is 15.6 Å². The highest BCUT2D eigenvalue weighted by molar-refractivity contribution is 14.1. The van der Waals surface area contributed by atoms with Gasteiger partial charge in [-0.2, -0.15) is 13.2 Å². The molecule has 1 heterocycles. The van der Waals surface area contributed by atoms with Gasteiger partial charge in [0.15, 0.2) is 12.4 Å². The number of ketones is 1. The van der Waals surface area contributed by atoms with E-state index in [4.69, 9.17) is 14.2 Å². The molecule has 0 aromatic heterocycles. The number of rotatable bonds is 7. The number of benzene rings is 2. The van der Waals surface area contributed by atoms with Gasteiger partial charge in [0.05, 0.1) is 21.1 Å². The van der Waals surface area contributed by atoms with Crippen molar-refractivity contribution in [2.75, 3.05) is 6.61 Å². The Morgan fingerprint density at radius 3 is 2.60 bits per heavy atom. The standard InChI is InChI=1S/C25H20F3IO6/c26-25(27,28)15-6-9-19(29)22(10-15)33-13-16(30)7-8-17-18-11-23(31)34-21(18)12-20(17)35-24(32)14-4-2-1-3-5-14/h1-10,17-18,20-21H,11-13H2. The van der Waals surface area contributed by atoms with Crippen LogP contribution in [-0.2, 0) is 25.2 Å². The molecule has 2 fully saturated rings. The fourth-order valence-corrected chi connectivity index (χ4v) is 4.77. The van der Waals surface area contributed by atoms with Gasteiger partial charge in [0.1, 0.15) is 18.0 Å². The van der Waals surface area contributed by atoms with Gasteiger partial charge in [0, 0.05) is 18.3 Å². The number of esters is 2. The molecule has 0 radical (unpaired) electrons. The number of fused-ring (bicyclic) bond motifs is 1. The predicted octanol–water partition coefficient (Wildman–Crippen LogP) is 4.99. The first kappa shape index (κ1) is 25.2. The quantitative estimate of drug-likeness (QED) is 0.253. The van der Waals surface area contributed by atoms with Crippen molar-refractivity contribution in [1.82, 2.24) is 0 Å². The average Bonchev–Trinajstić information content (AvgIpc) is 3.32. The zero-order valence-electron chi connectivity index (χ0n) is 18.2. The molecule has 1 saturated carbocycles. The molecular formula is C25H20F3IO6. The molecule has 0 N–H and O–H groups in total. The van der Waals surface area contributed by atoms with E-state index in [9.17, 15) is 27.6 Å². The summed E-state index contributed by atoms with van der Waals surface area (Å²) < 4.78 is 55.6. The normalized spacial score (nSPS) is 23.7. The molecule has 1 saturated heterocycles. The van der Waals surface area contributed by atoms with E-state index in [2.05, 4.69) is 0 Å². The summed E-state index contributed by atoms with van der Waals surface area (Å²) in [5, 5.41) is 0. The lowest BCUT2D eigenvalue weighted by molar-refractivity contribution is -0.142. The van der Waals surface area contributed by atoms with Crippen molar-refractivity contribution in [1.29, 1.82) is 0 Å². The van der Waals surface area contributed by atoms with Gasteiger partial charge in [-0.15, -0.1) is 0 Å². The average molecular weight is 600 g/mol. The Hall–Kier alpha value is -2.89. The first-order valence-electron chi connectivity index (χ1n) is 10.8. The fourth-order valence-electron chi connectivity index (χ4n) is 4.28. The summed E-state index contributed by atoms with van der Waals surface area (Å²) in [6.07, 6.45) is -2.26. The number of hydrogen-bond donors (Lipinski definition) is 0. The largest absolute Gasteiger partial charge is 0.484 e. The maximum Gasteiger partial charge on any atom is 0.416 e. The van der Waals surface area contributed by atoms with Gasteiger partial charge in [0.2, 0.25) is 0 Å². The molecule has 4 unspecified atom stereocenters. The van der Waals surface area contributed by atoms with Gasteiger partial charge in [-0.1, -0.05) is 24.3 Å². The van der Waals surface area contributed by atoms with Gasteiger partial charge in [-0.05, 0) is 59.0 Å². The maximum atomic E-state index is 13.0. The van der Waals surface area contributed by atoms with Gasteiger partial charge in [-0.25, -0.2) is 4.79 Å². The van der Waals surface area contributed by atoms with Crippen LogP contribution in [0.15, 0.2) is 60.7 Å². The van der Waals surface area contributed by atoms with Crippen LogP contribution < -0.4 is 4.74 Å². The number of halogens is 4. The molecule has 2 aromatic rings. The Labute approximate surface area is 212 Å². The van der Waals surface area contributed by atoms with Crippen LogP contribution in [0.1, 0.15) is 28.8 Å². The second-order valence-electron chi connectivity index (χ2n) is 8.28. The van der Waals surface area contributed by atoms with Crippen molar-refractivity contribution in [3.05, 3.63) is 75.4 Å². The minimum atomic E-state index is -4.53. The summed E-state index contributed by atoms with van der Waals surface area (Å²) in [5.74, 6) is -2.08. The highest BCUT2D eigenvalue weighted by atomic mass is 127. The third-order valence-electron chi connectivity index (χ3n) is 5.95. The van der Waals surface area contributed by atoms with Crippen LogP contribution in [0.5, 0.6) is 5.75 Å². The molecule has 0 bridgehead atoms. The Morgan fingerprint density at radius 2 is 1.89 bits per heavy atom. The molecule has 0 amide bonds. The van der Waals surface area contributed by atoms with Crippen molar-refractivity contribution in [2.45, 2.75) is 31.2 Å². The Morgan fingerprint density at radius 1 is 1.14 bits per heavy atom. The van der Waals surface area contributed by atoms with Crippen LogP contribution in [0, 0.1) is 15.4 Å². The first-order chi connectivity index (χ1) is 16.6. The van der Waals surface area contributed by atoms with E-state index in [-0.39, 0.29) is 24.1 Å². The van der Waals surface area contributed by atoms with Crippen LogP contribution in [0.2, 0.25) is 0 Å². The summed E-state index contributed by atoms with van der Waals surface area (Å²) in [6.45, 7) is -0.474. The Kier molecular flexibility index (Phi) is 7.48. The molecule has 4 atom stereocenters.